The Hall–Kier alpha value is -3.13. The third-order valence-corrected chi connectivity index (χ3v) is 5.01. The number of hydrogen-bond donors (Lipinski definition) is 1. The van der Waals surface area contributed by atoms with E-state index < -0.39 is 6.10 Å². The third-order valence-electron chi connectivity index (χ3n) is 5.01. The number of benzene rings is 2. The molecule has 32 heavy (non-hydrogen) atoms. The van der Waals surface area contributed by atoms with Crippen LogP contribution in [0.2, 0.25) is 0 Å². The van der Waals surface area contributed by atoms with E-state index >= 15 is 0 Å². The first kappa shape index (κ1) is 23.5. The van der Waals surface area contributed by atoms with Gasteiger partial charge in [0.25, 0.3) is 5.91 Å². The van der Waals surface area contributed by atoms with Gasteiger partial charge < -0.3 is 33.9 Å². The van der Waals surface area contributed by atoms with Gasteiger partial charge in [0.15, 0.2) is 6.10 Å². The molecule has 0 aromatic heterocycles. The topological polar surface area (TPSA) is 78.5 Å². The van der Waals surface area contributed by atoms with Crippen molar-refractivity contribution < 1.29 is 28.5 Å². The number of methoxy groups -OCH3 is 1. The number of carbonyl (C=O) groups excluding carboxylic acids is 1. The number of hydrogen-bond acceptors (Lipinski definition) is 7. The predicted octanol–water partition coefficient (Wildman–Crippen LogP) is 3.74. The predicted molar refractivity (Wildman–Crippen MR) is 124 cm³/mol. The van der Waals surface area contributed by atoms with Crippen LogP contribution in [0.4, 0.5) is 11.4 Å². The number of nitrogens with one attached hydrogen (secondary N) is 1. The molecule has 8 nitrogen and oxygen atoms in total. The lowest BCUT2D eigenvalue weighted by atomic mass is 10.2. The molecule has 0 bridgehead atoms. The highest BCUT2D eigenvalue weighted by Crippen LogP contribution is 2.39. The fourth-order valence-electron chi connectivity index (χ4n) is 3.39. The number of morpholine rings is 1. The Morgan fingerprint density at radius 3 is 2.28 bits per heavy atom. The Labute approximate surface area is 189 Å². The fraction of sp³-hybridized carbons (Fsp3) is 0.458. The van der Waals surface area contributed by atoms with Crippen molar-refractivity contribution in [3.63, 3.8) is 0 Å². The van der Waals surface area contributed by atoms with Crippen LogP contribution in [-0.2, 0) is 9.53 Å². The summed E-state index contributed by atoms with van der Waals surface area (Å²) in [5, 5.41) is 2.93. The standard InChI is InChI=1S/C24H32N2O6/c1-5-30-22-16-21(26-11-13-29-14-12-26)23(31-6-2)15-20(22)25-24(27)17(3)32-19-9-7-18(28-4)8-10-19/h7-10,15-17H,5-6,11-14H2,1-4H3,(H,25,27). The second kappa shape index (κ2) is 11.5. The number of rotatable bonds is 10. The van der Waals surface area contributed by atoms with E-state index in [4.69, 9.17) is 23.7 Å². The quantitative estimate of drug-likeness (QED) is 0.598. The molecule has 0 radical (unpaired) electrons. The van der Waals surface area contributed by atoms with Gasteiger partial charge in [-0.3, -0.25) is 4.79 Å². The third kappa shape index (κ3) is 5.97. The molecule has 1 unspecified atom stereocenters. The van der Waals surface area contributed by atoms with Crippen LogP contribution in [-0.4, -0.2) is 58.6 Å². The van der Waals surface area contributed by atoms with E-state index in [-0.39, 0.29) is 5.91 Å². The summed E-state index contributed by atoms with van der Waals surface area (Å²) in [5.41, 5.74) is 1.47. The Morgan fingerprint density at radius 2 is 1.66 bits per heavy atom. The lowest BCUT2D eigenvalue weighted by Gasteiger charge is -2.31. The van der Waals surface area contributed by atoms with Crippen molar-refractivity contribution in [1.29, 1.82) is 0 Å². The van der Waals surface area contributed by atoms with Gasteiger partial charge in [-0.05, 0) is 45.0 Å². The lowest BCUT2D eigenvalue weighted by Crippen LogP contribution is -2.36. The summed E-state index contributed by atoms with van der Waals surface area (Å²) < 4.78 is 28.1. The molecule has 2 aromatic carbocycles. The lowest BCUT2D eigenvalue weighted by molar-refractivity contribution is -0.122. The Kier molecular flexibility index (Phi) is 8.44. The number of ether oxygens (including phenoxy) is 5. The first-order chi connectivity index (χ1) is 15.5. The molecule has 0 aliphatic carbocycles. The Morgan fingerprint density at radius 1 is 1.03 bits per heavy atom. The van der Waals surface area contributed by atoms with E-state index in [9.17, 15) is 4.79 Å². The minimum Gasteiger partial charge on any atom is -0.497 e. The molecule has 174 valence electrons. The van der Waals surface area contributed by atoms with Crippen LogP contribution in [0.3, 0.4) is 0 Å². The van der Waals surface area contributed by atoms with Crippen molar-refractivity contribution in [1.82, 2.24) is 0 Å². The fourth-order valence-corrected chi connectivity index (χ4v) is 3.39. The average Bonchev–Trinajstić information content (AvgIpc) is 2.82. The Balaban J connectivity index is 1.79. The average molecular weight is 445 g/mol. The summed E-state index contributed by atoms with van der Waals surface area (Å²) in [7, 11) is 1.60. The largest absolute Gasteiger partial charge is 0.497 e. The first-order valence-corrected chi connectivity index (χ1v) is 10.9. The molecule has 0 spiro atoms. The maximum atomic E-state index is 12.9. The highest BCUT2D eigenvalue weighted by molar-refractivity contribution is 5.96. The van der Waals surface area contributed by atoms with Gasteiger partial charge in [0.2, 0.25) is 0 Å². The van der Waals surface area contributed by atoms with Crippen molar-refractivity contribution in [3.8, 4) is 23.0 Å². The van der Waals surface area contributed by atoms with Crippen LogP contribution in [0.1, 0.15) is 20.8 Å². The second-order valence-electron chi connectivity index (χ2n) is 7.21. The van der Waals surface area contributed by atoms with Crippen molar-refractivity contribution >= 4 is 17.3 Å². The van der Waals surface area contributed by atoms with E-state index in [0.29, 0.717) is 49.4 Å². The molecular formula is C24H32N2O6. The van der Waals surface area contributed by atoms with Gasteiger partial charge in [0.1, 0.15) is 23.0 Å². The number of anilines is 2. The van der Waals surface area contributed by atoms with E-state index in [1.807, 2.05) is 26.0 Å². The van der Waals surface area contributed by atoms with Gasteiger partial charge in [0.05, 0.1) is 44.9 Å². The van der Waals surface area contributed by atoms with E-state index in [0.717, 1.165) is 24.5 Å². The molecule has 3 rings (SSSR count). The van der Waals surface area contributed by atoms with Gasteiger partial charge in [-0.15, -0.1) is 0 Å². The number of nitrogens with zero attached hydrogens (tertiary/aromatic N) is 1. The van der Waals surface area contributed by atoms with Crippen LogP contribution in [0.25, 0.3) is 0 Å². The molecule has 1 aliphatic rings. The molecule has 1 atom stereocenters. The molecule has 1 heterocycles. The normalized spacial score (nSPS) is 14.4. The molecule has 1 aliphatic heterocycles. The zero-order valence-corrected chi connectivity index (χ0v) is 19.2. The van der Waals surface area contributed by atoms with Gasteiger partial charge in [-0.2, -0.15) is 0 Å². The molecule has 2 aromatic rings. The van der Waals surface area contributed by atoms with Gasteiger partial charge >= 0.3 is 0 Å². The van der Waals surface area contributed by atoms with E-state index in [1.54, 1.807) is 38.3 Å². The summed E-state index contributed by atoms with van der Waals surface area (Å²) in [6.45, 7) is 9.38. The van der Waals surface area contributed by atoms with Gasteiger partial charge in [-0.1, -0.05) is 0 Å². The molecule has 1 amide bonds. The molecule has 1 saturated heterocycles. The highest BCUT2D eigenvalue weighted by atomic mass is 16.5. The van der Waals surface area contributed by atoms with Crippen LogP contribution < -0.4 is 29.2 Å². The molecule has 1 N–H and O–H groups in total. The highest BCUT2D eigenvalue weighted by Gasteiger charge is 2.22. The number of carbonyl (C=O) groups is 1. The van der Waals surface area contributed by atoms with Crippen molar-refractivity contribution in [2.75, 3.05) is 56.8 Å². The van der Waals surface area contributed by atoms with Gasteiger partial charge in [0, 0.05) is 25.2 Å². The maximum absolute atomic E-state index is 12.9. The first-order valence-electron chi connectivity index (χ1n) is 10.9. The van der Waals surface area contributed by atoms with E-state index in [1.165, 1.54) is 0 Å². The Bertz CT molecular complexity index is 881. The van der Waals surface area contributed by atoms with Crippen molar-refractivity contribution in [2.24, 2.45) is 0 Å². The minimum atomic E-state index is -0.715. The van der Waals surface area contributed by atoms with Crippen molar-refractivity contribution in [2.45, 2.75) is 26.9 Å². The summed E-state index contributed by atoms with van der Waals surface area (Å²) in [6.07, 6.45) is -0.715. The minimum absolute atomic E-state index is 0.289. The molecule has 1 fully saturated rings. The SMILES string of the molecule is CCOc1cc(N2CCOCC2)c(OCC)cc1NC(=O)C(C)Oc1ccc(OC)cc1. The van der Waals surface area contributed by atoms with Crippen LogP contribution in [0, 0.1) is 0 Å². The summed E-state index contributed by atoms with van der Waals surface area (Å²) in [4.78, 5) is 15.1. The zero-order chi connectivity index (χ0) is 22.9. The monoisotopic (exact) mass is 444 g/mol. The van der Waals surface area contributed by atoms with Crippen molar-refractivity contribution in [3.05, 3.63) is 36.4 Å². The zero-order valence-electron chi connectivity index (χ0n) is 19.2. The summed E-state index contributed by atoms with van der Waals surface area (Å²) >= 11 is 0. The maximum Gasteiger partial charge on any atom is 0.265 e. The molecule has 0 saturated carbocycles. The van der Waals surface area contributed by atoms with E-state index in [2.05, 4.69) is 10.2 Å². The molecular weight excluding hydrogens is 412 g/mol. The second-order valence-corrected chi connectivity index (χ2v) is 7.21. The van der Waals surface area contributed by atoms with Gasteiger partial charge in [-0.25, -0.2) is 0 Å². The summed E-state index contributed by atoms with van der Waals surface area (Å²) in [6, 6.07) is 10.8. The smallest absolute Gasteiger partial charge is 0.265 e. The number of amides is 1. The van der Waals surface area contributed by atoms with Crippen LogP contribution in [0.15, 0.2) is 36.4 Å². The summed E-state index contributed by atoms with van der Waals surface area (Å²) in [5.74, 6) is 2.29. The van der Waals surface area contributed by atoms with Crippen LogP contribution in [0.5, 0.6) is 23.0 Å². The van der Waals surface area contributed by atoms with Crippen LogP contribution >= 0.6 is 0 Å². The molecule has 8 heteroatoms.